The highest BCUT2D eigenvalue weighted by Gasteiger charge is 2.12. The quantitative estimate of drug-likeness (QED) is 0.553. The molecule has 0 aliphatic rings. The number of hydrogen-bond acceptors (Lipinski definition) is 6. The number of benzene rings is 2. The molecule has 0 aliphatic carbocycles. The van der Waals surface area contributed by atoms with Crippen molar-refractivity contribution >= 4 is 38.3 Å². The van der Waals surface area contributed by atoms with Crippen molar-refractivity contribution in [2.75, 3.05) is 11.9 Å². The van der Waals surface area contributed by atoms with Crippen LogP contribution in [0.1, 0.15) is 11.1 Å². The van der Waals surface area contributed by atoms with E-state index in [0.717, 1.165) is 15.8 Å². The highest BCUT2D eigenvalue weighted by atomic mass is 32.1. The fraction of sp³-hybridized carbons (Fsp3) is 0.176. The van der Waals surface area contributed by atoms with Crippen molar-refractivity contribution in [3.8, 4) is 5.75 Å². The lowest BCUT2D eigenvalue weighted by atomic mass is 10.2. The first-order valence-electron chi connectivity index (χ1n) is 7.47. The largest absolute Gasteiger partial charge is 0.484 e. The summed E-state index contributed by atoms with van der Waals surface area (Å²) < 4.78 is 6.39. The molecule has 0 fully saturated rings. The second-order valence-corrected chi connectivity index (χ2v) is 6.56. The normalized spacial score (nSPS) is 10.6. The van der Waals surface area contributed by atoms with Gasteiger partial charge in [-0.05, 0) is 43.7 Å². The van der Waals surface area contributed by atoms with Gasteiger partial charge in [-0.2, -0.15) is 0 Å². The molecule has 0 atom stereocenters. The van der Waals surface area contributed by atoms with Crippen molar-refractivity contribution in [3.05, 3.63) is 57.6 Å². The number of aromatic nitrogens is 1. The molecule has 1 N–H and O–H groups in total. The third-order valence-corrected chi connectivity index (χ3v) is 4.46. The molecule has 1 heterocycles. The number of nitro benzene ring substituents is 1. The second-order valence-electron chi connectivity index (χ2n) is 5.53. The van der Waals surface area contributed by atoms with Crippen molar-refractivity contribution in [3.63, 3.8) is 0 Å². The molecule has 0 aliphatic heterocycles. The second kappa shape index (κ2) is 6.86. The van der Waals surface area contributed by atoms with E-state index >= 15 is 0 Å². The molecule has 3 aromatic rings. The van der Waals surface area contributed by atoms with Gasteiger partial charge in [-0.3, -0.25) is 20.2 Å². The average molecular weight is 357 g/mol. The number of rotatable bonds is 5. The monoisotopic (exact) mass is 357 g/mol. The van der Waals surface area contributed by atoms with Gasteiger partial charge in [-0.25, -0.2) is 4.98 Å². The maximum absolute atomic E-state index is 12.0. The molecule has 0 radical (unpaired) electrons. The lowest BCUT2D eigenvalue weighted by Gasteiger charge is -2.06. The van der Waals surface area contributed by atoms with Crippen LogP contribution in [-0.4, -0.2) is 22.4 Å². The standard InChI is InChI=1S/C17H15N3O4S/c1-10-3-5-13-15(7-10)25-17(18-13)19-16(21)9-24-12-4-6-14(20(22)23)11(2)8-12/h3-8H,9H2,1-2H3,(H,18,19,21). The van der Waals surface area contributed by atoms with E-state index in [1.807, 2.05) is 25.1 Å². The van der Waals surface area contributed by atoms with Gasteiger partial charge in [0, 0.05) is 11.6 Å². The van der Waals surface area contributed by atoms with Gasteiger partial charge in [0.25, 0.3) is 11.6 Å². The van der Waals surface area contributed by atoms with Gasteiger partial charge in [0.15, 0.2) is 11.7 Å². The number of nitrogens with one attached hydrogen (secondary N) is 1. The Kier molecular flexibility index (Phi) is 4.62. The lowest BCUT2D eigenvalue weighted by Crippen LogP contribution is -2.20. The third kappa shape index (κ3) is 3.92. The number of nitrogens with zero attached hydrogens (tertiary/aromatic N) is 2. The Morgan fingerprint density at radius 3 is 2.80 bits per heavy atom. The van der Waals surface area contributed by atoms with Crippen LogP contribution in [0.5, 0.6) is 5.75 Å². The van der Waals surface area contributed by atoms with Crippen molar-refractivity contribution < 1.29 is 14.5 Å². The highest BCUT2D eigenvalue weighted by molar-refractivity contribution is 7.22. The molecule has 128 valence electrons. The molecule has 0 saturated heterocycles. The average Bonchev–Trinajstić information content (AvgIpc) is 2.93. The van der Waals surface area contributed by atoms with Crippen LogP contribution in [0.3, 0.4) is 0 Å². The topological polar surface area (TPSA) is 94.4 Å². The molecule has 2 aromatic carbocycles. The Bertz CT molecular complexity index is 968. The molecule has 0 unspecified atom stereocenters. The van der Waals surface area contributed by atoms with E-state index in [-0.39, 0.29) is 18.2 Å². The summed E-state index contributed by atoms with van der Waals surface area (Å²) in [7, 11) is 0. The minimum atomic E-state index is -0.458. The summed E-state index contributed by atoms with van der Waals surface area (Å²) in [6.45, 7) is 3.41. The summed E-state index contributed by atoms with van der Waals surface area (Å²) >= 11 is 1.40. The fourth-order valence-electron chi connectivity index (χ4n) is 2.31. The number of carbonyl (C=O) groups is 1. The minimum absolute atomic E-state index is 0.0153. The summed E-state index contributed by atoms with van der Waals surface area (Å²) in [6.07, 6.45) is 0. The number of carbonyl (C=O) groups excluding carboxylic acids is 1. The summed E-state index contributed by atoms with van der Waals surface area (Å²) in [5.74, 6) is 0.0601. The molecule has 3 rings (SSSR count). The van der Waals surface area contributed by atoms with Crippen molar-refractivity contribution in [2.24, 2.45) is 0 Å². The van der Waals surface area contributed by atoms with E-state index < -0.39 is 4.92 Å². The number of amides is 1. The predicted octanol–water partition coefficient (Wildman–Crippen LogP) is 3.84. The number of aryl methyl sites for hydroxylation is 2. The zero-order chi connectivity index (χ0) is 18.0. The van der Waals surface area contributed by atoms with Crippen LogP contribution in [-0.2, 0) is 4.79 Å². The molecule has 8 heteroatoms. The predicted molar refractivity (Wildman–Crippen MR) is 96.3 cm³/mol. The van der Waals surface area contributed by atoms with E-state index in [9.17, 15) is 14.9 Å². The molecular weight excluding hydrogens is 342 g/mol. The first-order chi connectivity index (χ1) is 11.9. The number of ether oxygens (including phenoxy) is 1. The summed E-state index contributed by atoms with van der Waals surface area (Å²) in [6, 6.07) is 10.3. The molecule has 1 aromatic heterocycles. The fourth-order valence-corrected chi connectivity index (χ4v) is 3.29. The smallest absolute Gasteiger partial charge is 0.272 e. The Labute approximate surface area is 147 Å². The maximum atomic E-state index is 12.0. The van der Waals surface area contributed by atoms with Gasteiger partial charge in [0.05, 0.1) is 15.1 Å². The van der Waals surface area contributed by atoms with Crippen molar-refractivity contribution in [2.45, 2.75) is 13.8 Å². The van der Waals surface area contributed by atoms with Crippen molar-refractivity contribution in [1.29, 1.82) is 0 Å². The van der Waals surface area contributed by atoms with E-state index in [1.54, 1.807) is 6.92 Å². The third-order valence-electron chi connectivity index (χ3n) is 3.53. The number of fused-ring (bicyclic) bond motifs is 1. The van der Waals surface area contributed by atoms with Crippen LogP contribution in [0.2, 0.25) is 0 Å². The van der Waals surface area contributed by atoms with Crippen LogP contribution in [0.15, 0.2) is 36.4 Å². The van der Waals surface area contributed by atoms with Crippen molar-refractivity contribution in [1.82, 2.24) is 4.98 Å². The molecule has 25 heavy (non-hydrogen) atoms. The molecule has 1 amide bonds. The lowest BCUT2D eigenvalue weighted by molar-refractivity contribution is -0.385. The van der Waals surface area contributed by atoms with Crippen LogP contribution < -0.4 is 10.1 Å². The van der Waals surface area contributed by atoms with Gasteiger partial charge in [-0.15, -0.1) is 0 Å². The van der Waals surface area contributed by atoms with Gasteiger partial charge >= 0.3 is 0 Å². The molecule has 0 saturated carbocycles. The highest BCUT2D eigenvalue weighted by Crippen LogP contribution is 2.27. The molecule has 0 bridgehead atoms. The Morgan fingerprint density at radius 2 is 2.08 bits per heavy atom. The first kappa shape index (κ1) is 16.8. The SMILES string of the molecule is Cc1ccc2nc(NC(=O)COc3ccc([N+](=O)[O-])c(C)c3)sc2c1. The molecule has 7 nitrogen and oxygen atoms in total. The zero-order valence-corrected chi connectivity index (χ0v) is 14.4. The Morgan fingerprint density at radius 1 is 1.28 bits per heavy atom. The summed E-state index contributed by atoms with van der Waals surface area (Å²) in [5, 5.41) is 14.0. The van der Waals surface area contributed by atoms with E-state index in [2.05, 4.69) is 10.3 Å². The van der Waals surface area contributed by atoms with Crippen LogP contribution in [0.25, 0.3) is 10.2 Å². The van der Waals surface area contributed by atoms with Crippen LogP contribution >= 0.6 is 11.3 Å². The Hall–Kier alpha value is -3.00. The van der Waals surface area contributed by atoms with Gasteiger partial charge < -0.3 is 4.74 Å². The zero-order valence-electron chi connectivity index (χ0n) is 13.6. The number of nitro groups is 1. The first-order valence-corrected chi connectivity index (χ1v) is 8.29. The molecule has 0 spiro atoms. The Balaban J connectivity index is 1.62. The minimum Gasteiger partial charge on any atom is -0.484 e. The summed E-state index contributed by atoms with van der Waals surface area (Å²) in [4.78, 5) is 26.7. The van der Waals surface area contributed by atoms with E-state index in [0.29, 0.717) is 16.4 Å². The van der Waals surface area contributed by atoms with E-state index in [4.69, 9.17) is 4.74 Å². The maximum Gasteiger partial charge on any atom is 0.272 e. The van der Waals surface area contributed by atoms with Gasteiger partial charge in [0.2, 0.25) is 0 Å². The van der Waals surface area contributed by atoms with Gasteiger partial charge in [0.1, 0.15) is 5.75 Å². The van der Waals surface area contributed by atoms with Crippen LogP contribution in [0, 0.1) is 24.0 Å². The van der Waals surface area contributed by atoms with E-state index in [1.165, 1.54) is 29.5 Å². The number of hydrogen-bond donors (Lipinski definition) is 1. The van der Waals surface area contributed by atoms with Gasteiger partial charge in [-0.1, -0.05) is 17.4 Å². The number of anilines is 1. The number of thiazole rings is 1. The molecular formula is C17H15N3O4S. The summed E-state index contributed by atoms with van der Waals surface area (Å²) in [5.41, 5.74) is 2.45. The van der Waals surface area contributed by atoms with Crippen LogP contribution in [0.4, 0.5) is 10.8 Å².